The summed E-state index contributed by atoms with van der Waals surface area (Å²) < 4.78 is 37.3. The van der Waals surface area contributed by atoms with Crippen LogP contribution in [-0.2, 0) is 9.59 Å². The van der Waals surface area contributed by atoms with Crippen molar-refractivity contribution in [3.63, 3.8) is 0 Å². The van der Waals surface area contributed by atoms with Crippen LogP contribution in [-0.4, -0.2) is 28.3 Å². The monoisotopic (exact) mass is 240 g/mol. The Bertz CT molecular complexity index is 314. The van der Waals surface area contributed by atoms with E-state index in [1.165, 1.54) is 6.92 Å². The molecule has 92 valence electrons. The second-order valence-corrected chi connectivity index (χ2v) is 3.17. The number of rotatable bonds is 4. The first-order valence-electron chi connectivity index (χ1n) is 4.37. The van der Waals surface area contributed by atoms with E-state index in [1.807, 2.05) is 0 Å². The third-order valence-corrected chi connectivity index (χ3v) is 2.15. The molecule has 16 heavy (non-hydrogen) atoms. The van der Waals surface area contributed by atoms with E-state index in [4.69, 9.17) is 10.2 Å². The predicted octanol–water partition coefficient (Wildman–Crippen LogP) is 2.06. The van der Waals surface area contributed by atoms with Crippen LogP contribution in [0, 0.1) is 5.92 Å². The third kappa shape index (κ3) is 3.25. The largest absolute Gasteiger partial charge is 0.477 e. The summed E-state index contributed by atoms with van der Waals surface area (Å²) in [4.78, 5) is 21.0. The summed E-state index contributed by atoms with van der Waals surface area (Å²) in [5, 5.41) is 17.0. The lowest BCUT2D eigenvalue weighted by atomic mass is 9.92. The van der Waals surface area contributed by atoms with Crippen LogP contribution in [0.1, 0.15) is 20.3 Å². The Morgan fingerprint density at radius 2 is 1.56 bits per heavy atom. The van der Waals surface area contributed by atoms with E-state index in [2.05, 4.69) is 0 Å². The number of carboxylic acid groups (broad SMARTS) is 2. The molecule has 0 aromatic carbocycles. The van der Waals surface area contributed by atoms with Gasteiger partial charge in [-0.15, -0.1) is 0 Å². The van der Waals surface area contributed by atoms with Crippen molar-refractivity contribution in [2.45, 2.75) is 26.4 Å². The van der Waals surface area contributed by atoms with Crippen molar-refractivity contribution < 1.29 is 33.0 Å². The molecule has 0 aliphatic heterocycles. The molecule has 0 rings (SSSR count). The Morgan fingerprint density at radius 3 is 1.75 bits per heavy atom. The minimum absolute atomic E-state index is 0.403. The summed E-state index contributed by atoms with van der Waals surface area (Å²) in [5.74, 6) is -5.78. The van der Waals surface area contributed by atoms with E-state index in [-0.39, 0.29) is 0 Å². The number of carboxylic acids is 2. The molecule has 0 aromatic heterocycles. The molecule has 0 aromatic rings. The molecule has 1 atom stereocenters. The fourth-order valence-corrected chi connectivity index (χ4v) is 1.39. The predicted molar refractivity (Wildman–Crippen MR) is 47.8 cm³/mol. The van der Waals surface area contributed by atoms with Gasteiger partial charge in [0.1, 0.15) is 5.57 Å². The second-order valence-electron chi connectivity index (χ2n) is 3.17. The number of alkyl halides is 3. The molecule has 1 unspecified atom stereocenters. The highest BCUT2D eigenvalue weighted by molar-refractivity contribution is 6.13. The number of allylic oxidation sites excluding steroid dienone is 1. The van der Waals surface area contributed by atoms with Gasteiger partial charge in [0.2, 0.25) is 0 Å². The first-order valence-corrected chi connectivity index (χ1v) is 4.37. The van der Waals surface area contributed by atoms with Gasteiger partial charge in [-0.2, -0.15) is 13.2 Å². The lowest BCUT2D eigenvalue weighted by Gasteiger charge is -2.20. The summed E-state index contributed by atoms with van der Waals surface area (Å²) >= 11 is 0. The molecule has 2 N–H and O–H groups in total. The standard InChI is InChI=1S/C9H11F3O4/c1-3-5(9(10,11)12)4(2)6(7(13)14)8(15)16/h5H,3H2,1-2H3,(H,13,14)(H,15,16). The van der Waals surface area contributed by atoms with Crippen LogP contribution >= 0.6 is 0 Å². The quantitative estimate of drug-likeness (QED) is 0.448. The lowest BCUT2D eigenvalue weighted by molar-refractivity contribution is -0.165. The highest BCUT2D eigenvalue weighted by atomic mass is 19.4. The Kier molecular flexibility index (Phi) is 4.52. The number of hydrogen-bond acceptors (Lipinski definition) is 2. The van der Waals surface area contributed by atoms with Crippen LogP contribution in [0.15, 0.2) is 11.1 Å². The van der Waals surface area contributed by atoms with Gasteiger partial charge in [-0.25, -0.2) is 9.59 Å². The van der Waals surface area contributed by atoms with Crippen molar-refractivity contribution in [1.29, 1.82) is 0 Å². The zero-order valence-corrected chi connectivity index (χ0v) is 8.63. The van der Waals surface area contributed by atoms with Crippen LogP contribution in [0.4, 0.5) is 13.2 Å². The van der Waals surface area contributed by atoms with E-state index in [0.29, 0.717) is 0 Å². The normalized spacial score (nSPS) is 13.1. The van der Waals surface area contributed by atoms with Crippen molar-refractivity contribution in [3.05, 3.63) is 11.1 Å². The molecule has 4 nitrogen and oxygen atoms in total. The molecule has 0 amide bonds. The van der Waals surface area contributed by atoms with E-state index in [9.17, 15) is 22.8 Å². The van der Waals surface area contributed by atoms with Gasteiger partial charge in [0, 0.05) is 0 Å². The average Bonchev–Trinajstić information content (AvgIpc) is 1.99. The van der Waals surface area contributed by atoms with Gasteiger partial charge in [0.15, 0.2) is 0 Å². The van der Waals surface area contributed by atoms with Crippen molar-refractivity contribution in [1.82, 2.24) is 0 Å². The summed E-state index contributed by atoms with van der Waals surface area (Å²) in [6, 6.07) is 0. The van der Waals surface area contributed by atoms with Gasteiger partial charge in [0.25, 0.3) is 0 Å². The highest BCUT2D eigenvalue weighted by Crippen LogP contribution is 2.35. The molecular weight excluding hydrogens is 229 g/mol. The molecule has 0 heterocycles. The minimum Gasteiger partial charge on any atom is -0.477 e. The van der Waals surface area contributed by atoms with Crippen LogP contribution in [0.2, 0.25) is 0 Å². The average molecular weight is 240 g/mol. The smallest absolute Gasteiger partial charge is 0.395 e. The summed E-state index contributed by atoms with van der Waals surface area (Å²) in [5.41, 5.74) is -1.90. The van der Waals surface area contributed by atoms with Gasteiger partial charge in [-0.05, 0) is 18.9 Å². The fraction of sp³-hybridized carbons (Fsp3) is 0.556. The van der Waals surface area contributed by atoms with E-state index in [1.54, 1.807) is 0 Å². The van der Waals surface area contributed by atoms with Gasteiger partial charge < -0.3 is 10.2 Å². The molecule has 0 aliphatic rings. The Labute approximate surface area is 89.4 Å². The molecule has 0 bridgehead atoms. The fourth-order valence-electron chi connectivity index (χ4n) is 1.39. The zero-order chi connectivity index (χ0) is 13.1. The van der Waals surface area contributed by atoms with E-state index >= 15 is 0 Å². The molecule has 0 radical (unpaired) electrons. The Balaban J connectivity index is 5.55. The topological polar surface area (TPSA) is 74.6 Å². The summed E-state index contributed by atoms with van der Waals surface area (Å²) in [6.07, 6.45) is -5.05. The van der Waals surface area contributed by atoms with E-state index < -0.39 is 41.6 Å². The number of hydrogen-bond donors (Lipinski definition) is 2. The highest BCUT2D eigenvalue weighted by Gasteiger charge is 2.41. The first-order chi connectivity index (χ1) is 7.12. The number of aliphatic carboxylic acids is 2. The van der Waals surface area contributed by atoms with Gasteiger partial charge >= 0.3 is 18.1 Å². The van der Waals surface area contributed by atoms with Gasteiger partial charge in [-0.1, -0.05) is 6.92 Å². The molecule has 0 fully saturated rings. The molecule has 0 spiro atoms. The summed E-state index contributed by atoms with van der Waals surface area (Å²) in [7, 11) is 0. The maximum Gasteiger partial charge on any atom is 0.395 e. The van der Waals surface area contributed by atoms with Crippen LogP contribution < -0.4 is 0 Å². The Morgan fingerprint density at radius 1 is 1.19 bits per heavy atom. The number of carbonyl (C=O) groups is 2. The van der Waals surface area contributed by atoms with Crippen molar-refractivity contribution in [2.24, 2.45) is 5.92 Å². The molecule has 7 heteroatoms. The lowest BCUT2D eigenvalue weighted by Crippen LogP contribution is -2.27. The minimum atomic E-state index is -4.64. The Hall–Kier alpha value is -1.53. The summed E-state index contributed by atoms with van der Waals surface area (Å²) in [6.45, 7) is 2.09. The molecular formula is C9H11F3O4. The van der Waals surface area contributed by atoms with Crippen molar-refractivity contribution in [2.75, 3.05) is 0 Å². The molecule has 0 saturated heterocycles. The van der Waals surface area contributed by atoms with Crippen LogP contribution in [0.25, 0.3) is 0 Å². The SMILES string of the molecule is CCC(C(C)=C(C(=O)O)C(=O)O)C(F)(F)F. The van der Waals surface area contributed by atoms with Crippen LogP contribution in [0.5, 0.6) is 0 Å². The third-order valence-electron chi connectivity index (χ3n) is 2.15. The number of halogens is 3. The van der Waals surface area contributed by atoms with Gasteiger partial charge in [0.05, 0.1) is 5.92 Å². The molecule has 0 aliphatic carbocycles. The maximum absolute atomic E-state index is 12.4. The van der Waals surface area contributed by atoms with Crippen molar-refractivity contribution >= 4 is 11.9 Å². The van der Waals surface area contributed by atoms with Gasteiger partial charge in [-0.3, -0.25) is 0 Å². The van der Waals surface area contributed by atoms with Crippen LogP contribution in [0.3, 0.4) is 0 Å². The maximum atomic E-state index is 12.4. The first kappa shape index (κ1) is 14.5. The van der Waals surface area contributed by atoms with E-state index in [0.717, 1.165) is 6.92 Å². The molecule has 0 saturated carbocycles. The second kappa shape index (κ2) is 5.00. The zero-order valence-electron chi connectivity index (χ0n) is 8.63. The van der Waals surface area contributed by atoms with Crippen molar-refractivity contribution in [3.8, 4) is 0 Å².